The van der Waals surface area contributed by atoms with E-state index in [2.05, 4.69) is 17.5 Å². The summed E-state index contributed by atoms with van der Waals surface area (Å²) >= 11 is 0. The number of hydrogen-bond donors (Lipinski definition) is 1. The normalized spacial score (nSPS) is 39.2. The molecule has 1 fully saturated rings. The van der Waals surface area contributed by atoms with Crippen LogP contribution in [0, 0.1) is 5.92 Å². The Kier molecular flexibility index (Phi) is 1.76. The second-order valence-electron chi connectivity index (χ2n) is 3.39. The molecule has 0 saturated heterocycles. The lowest BCUT2D eigenvalue weighted by atomic mass is 9.83. The van der Waals surface area contributed by atoms with Crippen molar-refractivity contribution in [2.24, 2.45) is 5.92 Å². The van der Waals surface area contributed by atoms with Gasteiger partial charge in [0.2, 0.25) is 0 Å². The maximum atomic E-state index is 3.53. The van der Waals surface area contributed by atoms with Crippen LogP contribution in [0.1, 0.15) is 25.7 Å². The van der Waals surface area contributed by atoms with Crippen LogP contribution in [0.2, 0.25) is 0 Å². The first-order chi connectivity index (χ1) is 4.97. The Morgan fingerprint density at radius 2 is 2.10 bits per heavy atom. The minimum Gasteiger partial charge on any atom is -0.310 e. The minimum atomic E-state index is 0.818. The average molecular weight is 137 g/mol. The molecule has 1 heteroatoms. The van der Waals surface area contributed by atoms with Crippen molar-refractivity contribution in [1.29, 1.82) is 0 Å². The highest BCUT2D eigenvalue weighted by Gasteiger charge is 2.23. The minimum absolute atomic E-state index is 0.818. The van der Waals surface area contributed by atoms with Crippen molar-refractivity contribution >= 4 is 0 Å². The molecule has 0 spiro atoms. The summed E-state index contributed by atoms with van der Waals surface area (Å²) in [5, 5.41) is 3.53. The van der Waals surface area contributed by atoms with Crippen molar-refractivity contribution in [1.82, 2.24) is 5.32 Å². The topological polar surface area (TPSA) is 12.0 Å². The fourth-order valence-corrected chi connectivity index (χ4v) is 2.11. The Balaban J connectivity index is 2.03. The first-order valence-electron chi connectivity index (χ1n) is 4.37. The third-order valence-corrected chi connectivity index (χ3v) is 2.70. The van der Waals surface area contributed by atoms with Gasteiger partial charge in [-0.2, -0.15) is 0 Å². The van der Waals surface area contributed by atoms with Gasteiger partial charge in [0.1, 0.15) is 0 Å². The van der Waals surface area contributed by atoms with Crippen LogP contribution in [0.3, 0.4) is 0 Å². The van der Waals surface area contributed by atoms with Crippen molar-refractivity contribution in [3.63, 3.8) is 0 Å². The van der Waals surface area contributed by atoms with Crippen LogP contribution in [0.4, 0.5) is 0 Å². The van der Waals surface area contributed by atoms with Gasteiger partial charge in [0.25, 0.3) is 0 Å². The van der Waals surface area contributed by atoms with Crippen LogP contribution in [0.25, 0.3) is 0 Å². The fraction of sp³-hybridized carbons (Fsp3) is 0.778. The van der Waals surface area contributed by atoms with E-state index < -0.39 is 0 Å². The van der Waals surface area contributed by atoms with Crippen molar-refractivity contribution in [2.45, 2.75) is 31.7 Å². The highest BCUT2D eigenvalue weighted by Crippen LogP contribution is 2.26. The van der Waals surface area contributed by atoms with Crippen LogP contribution < -0.4 is 5.32 Å². The van der Waals surface area contributed by atoms with Crippen LogP contribution in [0.5, 0.6) is 0 Å². The number of hydrogen-bond acceptors (Lipinski definition) is 1. The Bertz CT molecular complexity index is 140. The van der Waals surface area contributed by atoms with Crippen molar-refractivity contribution in [2.75, 3.05) is 6.54 Å². The van der Waals surface area contributed by atoms with Crippen LogP contribution in [-0.4, -0.2) is 12.6 Å². The summed E-state index contributed by atoms with van der Waals surface area (Å²) in [5.41, 5.74) is 0. The zero-order valence-corrected chi connectivity index (χ0v) is 6.34. The van der Waals surface area contributed by atoms with Gasteiger partial charge in [0, 0.05) is 12.6 Å². The van der Waals surface area contributed by atoms with Crippen molar-refractivity contribution < 1.29 is 0 Å². The van der Waals surface area contributed by atoms with Gasteiger partial charge in [-0.05, 0) is 18.8 Å². The van der Waals surface area contributed by atoms with Gasteiger partial charge in [0.15, 0.2) is 0 Å². The maximum absolute atomic E-state index is 3.53. The second kappa shape index (κ2) is 2.75. The van der Waals surface area contributed by atoms with Gasteiger partial charge in [-0.15, -0.1) is 0 Å². The molecular weight excluding hydrogens is 122 g/mol. The summed E-state index contributed by atoms with van der Waals surface area (Å²) in [5.74, 6) is 0.863. The SMILES string of the molecule is C1=CC2CCCCC2NC1. The van der Waals surface area contributed by atoms with Crippen molar-refractivity contribution in [3.05, 3.63) is 12.2 Å². The summed E-state index contributed by atoms with van der Waals surface area (Å²) in [7, 11) is 0. The number of nitrogens with one attached hydrogen (secondary N) is 1. The van der Waals surface area contributed by atoms with E-state index in [-0.39, 0.29) is 0 Å². The monoisotopic (exact) mass is 137 g/mol. The molecule has 1 aliphatic heterocycles. The molecule has 0 radical (unpaired) electrons. The molecule has 0 aromatic heterocycles. The molecule has 0 aromatic carbocycles. The summed E-state index contributed by atoms with van der Waals surface area (Å²) in [6.45, 7) is 1.10. The molecule has 10 heavy (non-hydrogen) atoms. The molecule has 1 nitrogen and oxygen atoms in total. The predicted molar refractivity (Wildman–Crippen MR) is 42.9 cm³/mol. The molecule has 1 heterocycles. The highest BCUT2D eigenvalue weighted by atomic mass is 14.9. The van der Waals surface area contributed by atoms with Gasteiger partial charge in [-0.3, -0.25) is 0 Å². The molecule has 0 amide bonds. The van der Waals surface area contributed by atoms with E-state index in [0.29, 0.717) is 0 Å². The molecule has 2 unspecified atom stereocenters. The van der Waals surface area contributed by atoms with Gasteiger partial charge in [-0.25, -0.2) is 0 Å². The first kappa shape index (κ1) is 6.41. The van der Waals surface area contributed by atoms with E-state index in [4.69, 9.17) is 0 Å². The van der Waals surface area contributed by atoms with E-state index >= 15 is 0 Å². The van der Waals surface area contributed by atoms with E-state index in [0.717, 1.165) is 18.5 Å². The fourth-order valence-electron chi connectivity index (χ4n) is 2.11. The van der Waals surface area contributed by atoms with Gasteiger partial charge >= 0.3 is 0 Å². The van der Waals surface area contributed by atoms with Crippen LogP contribution in [-0.2, 0) is 0 Å². The van der Waals surface area contributed by atoms with E-state index in [1.54, 1.807) is 0 Å². The Labute approximate surface area is 62.5 Å². The highest BCUT2D eigenvalue weighted by molar-refractivity contribution is 5.02. The lowest BCUT2D eigenvalue weighted by molar-refractivity contribution is 0.304. The Morgan fingerprint density at radius 3 is 3.00 bits per heavy atom. The second-order valence-corrected chi connectivity index (χ2v) is 3.39. The zero-order valence-electron chi connectivity index (χ0n) is 6.34. The Hall–Kier alpha value is -0.300. The van der Waals surface area contributed by atoms with E-state index in [1.807, 2.05) is 0 Å². The quantitative estimate of drug-likeness (QED) is 0.501. The molecule has 2 atom stereocenters. The zero-order chi connectivity index (χ0) is 6.81. The molecule has 2 aliphatic rings. The van der Waals surface area contributed by atoms with Crippen LogP contribution >= 0.6 is 0 Å². The third kappa shape index (κ3) is 1.10. The summed E-state index contributed by atoms with van der Waals surface area (Å²) in [6, 6.07) is 0.818. The maximum Gasteiger partial charge on any atom is 0.0137 e. The van der Waals surface area contributed by atoms with Gasteiger partial charge in [0.05, 0.1) is 0 Å². The molecule has 0 bridgehead atoms. The standard InChI is InChI=1S/C9H15N/c1-2-6-9-8(4-1)5-3-7-10-9/h3,5,8-10H,1-2,4,6-7H2. The van der Waals surface area contributed by atoms with Gasteiger partial charge in [-0.1, -0.05) is 25.0 Å². The molecule has 1 aliphatic carbocycles. The molecule has 1 saturated carbocycles. The summed E-state index contributed by atoms with van der Waals surface area (Å²) < 4.78 is 0. The smallest absolute Gasteiger partial charge is 0.0137 e. The van der Waals surface area contributed by atoms with E-state index in [1.165, 1.54) is 25.7 Å². The number of fused-ring (bicyclic) bond motifs is 1. The van der Waals surface area contributed by atoms with E-state index in [9.17, 15) is 0 Å². The Morgan fingerprint density at radius 1 is 1.20 bits per heavy atom. The third-order valence-electron chi connectivity index (χ3n) is 2.70. The average Bonchev–Trinajstić information content (AvgIpc) is 2.05. The predicted octanol–water partition coefficient (Wildman–Crippen LogP) is 1.70. The largest absolute Gasteiger partial charge is 0.310 e. The van der Waals surface area contributed by atoms with Crippen LogP contribution in [0.15, 0.2) is 12.2 Å². The summed E-state index contributed by atoms with van der Waals surface area (Å²) in [6.07, 6.45) is 10.4. The molecule has 2 rings (SSSR count). The summed E-state index contributed by atoms with van der Waals surface area (Å²) in [4.78, 5) is 0. The van der Waals surface area contributed by atoms with Crippen molar-refractivity contribution in [3.8, 4) is 0 Å². The first-order valence-corrected chi connectivity index (χ1v) is 4.37. The molecule has 56 valence electrons. The molecule has 1 N–H and O–H groups in total. The number of rotatable bonds is 0. The van der Waals surface area contributed by atoms with Gasteiger partial charge < -0.3 is 5.32 Å². The lowest BCUT2D eigenvalue weighted by Crippen LogP contribution is -2.40. The molecule has 0 aromatic rings. The lowest BCUT2D eigenvalue weighted by Gasteiger charge is -2.32. The molecular formula is C9H15N.